The lowest BCUT2D eigenvalue weighted by atomic mass is 10.1. The minimum Gasteiger partial charge on any atom is -0.339 e. The molecule has 3 rings (SSSR count). The molecule has 5 heteroatoms. The maximum atomic E-state index is 12.6. The summed E-state index contributed by atoms with van der Waals surface area (Å²) in [6.07, 6.45) is 0. The van der Waals surface area contributed by atoms with E-state index >= 15 is 0 Å². The third kappa shape index (κ3) is 2.97. The van der Waals surface area contributed by atoms with Crippen molar-refractivity contribution in [3.8, 4) is 11.3 Å². The molecule has 1 aromatic carbocycles. The lowest BCUT2D eigenvalue weighted by Crippen LogP contribution is -2.30. The number of amides is 1. The van der Waals surface area contributed by atoms with E-state index < -0.39 is 0 Å². The molecule has 4 nitrogen and oxygen atoms in total. The first-order valence-corrected chi connectivity index (χ1v) is 8.63. The van der Waals surface area contributed by atoms with Crippen molar-refractivity contribution >= 4 is 27.5 Å². The van der Waals surface area contributed by atoms with Crippen LogP contribution >= 0.6 is 11.3 Å². The number of fused-ring (bicyclic) bond motifs is 1. The maximum Gasteiger partial charge on any atom is 0.253 e. The summed E-state index contributed by atoms with van der Waals surface area (Å²) in [5.74, 6) is 0.802. The number of thiophene rings is 1. The van der Waals surface area contributed by atoms with Crippen molar-refractivity contribution in [1.82, 2.24) is 14.9 Å². The Morgan fingerprint density at radius 2 is 1.96 bits per heavy atom. The Morgan fingerprint density at radius 3 is 2.70 bits per heavy atom. The van der Waals surface area contributed by atoms with Crippen LogP contribution in [0.4, 0.5) is 0 Å². The van der Waals surface area contributed by atoms with E-state index in [9.17, 15) is 4.79 Å². The lowest BCUT2D eigenvalue weighted by Gasteiger charge is -2.19. The monoisotopic (exact) mass is 325 g/mol. The molecule has 3 aromatic rings. The minimum absolute atomic E-state index is 0.0602. The average Bonchev–Trinajstić information content (AvgIpc) is 3.03. The van der Waals surface area contributed by atoms with Crippen LogP contribution in [-0.4, -0.2) is 33.9 Å². The van der Waals surface area contributed by atoms with E-state index in [-0.39, 0.29) is 5.91 Å². The molecule has 118 valence electrons. The van der Waals surface area contributed by atoms with Crippen LogP contribution in [0.5, 0.6) is 0 Å². The van der Waals surface area contributed by atoms with Crippen LogP contribution in [0.1, 0.15) is 30.0 Å². The van der Waals surface area contributed by atoms with E-state index in [1.54, 1.807) is 11.3 Å². The molecule has 0 saturated carbocycles. The molecule has 23 heavy (non-hydrogen) atoms. The fourth-order valence-corrected chi connectivity index (χ4v) is 3.51. The molecule has 0 saturated heterocycles. The molecular weight excluding hydrogens is 306 g/mol. The molecule has 0 unspecified atom stereocenters. The number of benzene rings is 1. The molecule has 0 aliphatic carbocycles. The van der Waals surface area contributed by atoms with E-state index in [2.05, 4.69) is 9.97 Å². The van der Waals surface area contributed by atoms with Gasteiger partial charge in [0.2, 0.25) is 0 Å². The summed E-state index contributed by atoms with van der Waals surface area (Å²) in [6, 6.07) is 9.72. The van der Waals surface area contributed by atoms with Crippen LogP contribution in [0.15, 0.2) is 35.7 Å². The van der Waals surface area contributed by atoms with Crippen molar-refractivity contribution in [3.05, 3.63) is 47.1 Å². The van der Waals surface area contributed by atoms with Gasteiger partial charge in [-0.05, 0) is 44.4 Å². The number of carbonyl (C=O) groups excluding carboxylic acids is 1. The topological polar surface area (TPSA) is 46.1 Å². The third-order valence-corrected chi connectivity index (χ3v) is 4.76. The van der Waals surface area contributed by atoms with E-state index in [0.29, 0.717) is 18.7 Å². The Hall–Kier alpha value is -2.27. The van der Waals surface area contributed by atoms with Gasteiger partial charge in [0.15, 0.2) is 0 Å². The van der Waals surface area contributed by atoms with Crippen LogP contribution in [-0.2, 0) is 0 Å². The highest BCUT2D eigenvalue weighted by Crippen LogP contribution is 2.30. The highest BCUT2D eigenvalue weighted by atomic mass is 32.1. The van der Waals surface area contributed by atoms with E-state index in [1.807, 2.05) is 61.4 Å². The molecule has 0 bridgehead atoms. The van der Waals surface area contributed by atoms with Gasteiger partial charge in [-0.3, -0.25) is 4.79 Å². The first kappa shape index (κ1) is 15.6. The zero-order chi connectivity index (χ0) is 16.4. The van der Waals surface area contributed by atoms with Gasteiger partial charge < -0.3 is 4.90 Å². The number of rotatable bonds is 4. The SMILES string of the molecule is CCN(CC)C(=O)c1cccc(-c2nc(C)nc3ccsc23)c1. The Labute approximate surface area is 139 Å². The van der Waals surface area contributed by atoms with Crippen molar-refractivity contribution in [1.29, 1.82) is 0 Å². The molecule has 0 atom stereocenters. The van der Waals surface area contributed by atoms with Gasteiger partial charge in [-0.25, -0.2) is 9.97 Å². The fraction of sp³-hybridized carbons (Fsp3) is 0.278. The largest absolute Gasteiger partial charge is 0.339 e. The maximum absolute atomic E-state index is 12.6. The highest BCUT2D eigenvalue weighted by molar-refractivity contribution is 7.17. The van der Waals surface area contributed by atoms with E-state index in [1.165, 1.54) is 0 Å². The number of nitrogens with zero attached hydrogens (tertiary/aromatic N) is 3. The molecule has 0 aliphatic rings. The van der Waals surface area contributed by atoms with Gasteiger partial charge in [-0.15, -0.1) is 11.3 Å². The smallest absolute Gasteiger partial charge is 0.253 e. The second-order valence-corrected chi connectivity index (χ2v) is 6.23. The summed E-state index contributed by atoms with van der Waals surface area (Å²) in [5.41, 5.74) is 3.52. The summed E-state index contributed by atoms with van der Waals surface area (Å²) in [4.78, 5) is 23.5. The number of aryl methyl sites for hydroxylation is 1. The fourth-order valence-electron chi connectivity index (χ4n) is 2.67. The highest BCUT2D eigenvalue weighted by Gasteiger charge is 2.15. The minimum atomic E-state index is 0.0602. The molecule has 0 spiro atoms. The lowest BCUT2D eigenvalue weighted by molar-refractivity contribution is 0.0773. The third-order valence-electron chi connectivity index (χ3n) is 3.85. The Morgan fingerprint density at radius 1 is 1.17 bits per heavy atom. The van der Waals surface area contributed by atoms with Crippen molar-refractivity contribution < 1.29 is 4.79 Å². The molecule has 0 radical (unpaired) electrons. The molecule has 0 aliphatic heterocycles. The first-order chi connectivity index (χ1) is 11.1. The normalized spacial score (nSPS) is 10.9. The predicted molar refractivity (Wildman–Crippen MR) is 94.8 cm³/mol. The van der Waals surface area contributed by atoms with Crippen LogP contribution in [0, 0.1) is 6.92 Å². The van der Waals surface area contributed by atoms with Gasteiger partial charge in [0, 0.05) is 24.2 Å². The molecule has 1 amide bonds. The number of aromatic nitrogens is 2. The zero-order valence-corrected chi connectivity index (χ0v) is 14.4. The van der Waals surface area contributed by atoms with Crippen molar-refractivity contribution in [2.24, 2.45) is 0 Å². The molecular formula is C18H19N3OS. The molecule has 2 aromatic heterocycles. The molecule has 0 fully saturated rings. The second kappa shape index (κ2) is 6.46. The summed E-state index contributed by atoms with van der Waals surface area (Å²) in [7, 11) is 0. The van der Waals surface area contributed by atoms with Gasteiger partial charge in [-0.1, -0.05) is 12.1 Å². The van der Waals surface area contributed by atoms with E-state index in [0.717, 1.165) is 27.3 Å². The molecule has 2 heterocycles. The summed E-state index contributed by atoms with van der Waals surface area (Å²) >= 11 is 1.63. The predicted octanol–water partition coefficient (Wildman–Crippen LogP) is 4.15. The van der Waals surface area contributed by atoms with Gasteiger partial charge in [0.1, 0.15) is 5.82 Å². The van der Waals surface area contributed by atoms with Crippen LogP contribution in [0.2, 0.25) is 0 Å². The van der Waals surface area contributed by atoms with Gasteiger partial charge in [-0.2, -0.15) is 0 Å². The summed E-state index contributed by atoms with van der Waals surface area (Å²) < 4.78 is 1.06. The van der Waals surface area contributed by atoms with Crippen molar-refractivity contribution in [3.63, 3.8) is 0 Å². The van der Waals surface area contributed by atoms with Crippen LogP contribution in [0.25, 0.3) is 21.5 Å². The van der Waals surface area contributed by atoms with Gasteiger partial charge in [0.05, 0.1) is 15.9 Å². The van der Waals surface area contributed by atoms with Gasteiger partial charge in [0.25, 0.3) is 5.91 Å². The van der Waals surface area contributed by atoms with E-state index in [4.69, 9.17) is 0 Å². The van der Waals surface area contributed by atoms with Crippen LogP contribution in [0.3, 0.4) is 0 Å². The summed E-state index contributed by atoms with van der Waals surface area (Å²) in [6.45, 7) is 7.30. The zero-order valence-electron chi connectivity index (χ0n) is 13.5. The Bertz CT molecular complexity index is 852. The first-order valence-electron chi connectivity index (χ1n) is 7.75. The Balaban J connectivity index is 2.09. The van der Waals surface area contributed by atoms with Gasteiger partial charge >= 0.3 is 0 Å². The number of hydrogen-bond acceptors (Lipinski definition) is 4. The average molecular weight is 325 g/mol. The van der Waals surface area contributed by atoms with Crippen molar-refractivity contribution in [2.45, 2.75) is 20.8 Å². The Kier molecular flexibility index (Phi) is 4.39. The quantitative estimate of drug-likeness (QED) is 0.724. The van der Waals surface area contributed by atoms with Crippen molar-refractivity contribution in [2.75, 3.05) is 13.1 Å². The number of hydrogen-bond donors (Lipinski definition) is 0. The second-order valence-electron chi connectivity index (χ2n) is 5.31. The van der Waals surface area contributed by atoms with Crippen LogP contribution < -0.4 is 0 Å². The summed E-state index contributed by atoms with van der Waals surface area (Å²) in [5, 5.41) is 2.02. The number of carbonyl (C=O) groups is 1. The standard InChI is InChI=1S/C18H19N3OS/c1-4-21(5-2)18(22)14-8-6-7-13(11-14)16-17-15(9-10-23-17)19-12(3)20-16/h6-11H,4-5H2,1-3H3. The molecule has 0 N–H and O–H groups in total.